The van der Waals surface area contributed by atoms with Crippen LogP contribution >= 0.6 is 0 Å². The highest BCUT2D eigenvalue weighted by molar-refractivity contribution is 5.33. The standard InChI is InChI=1S/C11H15NO2/c12-7-9-3-1-2-4-10(9)11(13)5-6-14-8-11/h1-4,13H,5-8,12H2. The van der Waals surface area contributed by atoms with Crippen LogP contribution < -0.4 is 5.73 Å². The summed E-state index contributed by atoms with van der Waals surface area (Å²) in [4.78, 5) is 0. The van der Waals surface area contributed by atoms with Gasteiger partial charge in [0.1, 0.15) is 5.60 Å². The zero-order chi connectivity index (χ0) is 10.0. The normalized spacial score (nSPS) is 26.7. The lowest BCUT2D eigenvalue weighted by Gasteiger charge is -2.23. The molecule has 1 unspecified atom stereocenters. The second-order valence-corrected chi connectivity index (χ2v) is 3.70. The number of ether oxygens (including phenoxy) is 1. The zero-order valence-corrected chi connectivity index (χ0v) is 8.07. The first kappa shape index (κ1) is 9.65. The summed E-state index contributed by atoms with van der Waals surface area (Å²) in [5.74, 6) is 0. The van der Waals surface area contributed by atoms with E-state index in [1.807, 2.05) is 24.3 Å². The molecule has 1 atom stereocenters. The van der Waals surface area contributed by atoms with Gasteiger partial charge in [-0.3, -0.25) is 0 Å². The smallest absolute Gasteiger partial charge is 0.115 e. The van der Waals surface area contributed by atoms with Crippen LogP contribution in [-0.2, 0) is 16.9 Å². The molecule has 3 heteroatoms. The molecular formula is C11H15NO2. The monoisotopic (exact) mass is 193 g/mol. The molecule has 1 fully saturated rings. The second kappa shape index (κ2) is 3.69. The topological polar surface area (TPSA) is 55.5 Å². The molecule has 14 heavy (non-hydrogen) atoms. The third-order valence-corrected chi connectivity index (χ3v) is 2.74. The lowest BCUT2D eigenvalue weighted by Crippen LogP contribution is -2.27. The van der Waals surface area contributed by atoms with Crippen LogP contribution in [0.25, 0.3) is 0 Å². The Hall–Kier alpha value is -0.900. The van der Waals surface area contributed by atoms with E-state index < -0.39 is 5.60 Å². The average molecular weight is 193 g/mol. The van der Waals surface area contributed by atoms with Crippen LogP contribution in [0.3, 0.4) is 0 Å². The van der Waals surface area contributed by atoms with E-state index in [4.69, 9.17) is 10.5 Å². The zero-order valence-electron chi connectivity index (χ0n) is 8.07. The third kappa shape index (κ3) is 1.54. The molecule has 1 aromatic carbocycles. The van der Waals surface area contributed by atoms with Gasteiger partial charge in [0, 0.05) is 19.6 Å². The maximum absolute atomic E-state index is 10.3. The average Bonchev–Trinajstić information content (AvgIpc) is 2.66. The quantitative estimate of drug-likeness (QED) is 0.728. The summed E-state index contributed by atoms with van der Waals surface area (Å²) in [5, 5.41) is 10.3. The summed E-state index contributed by atoms with van der Waals surface area (Å²) in [5.41, 5.74) is 6.72. The molecule has 0 aromatic heterocycles. The molecule has 3 N–H and O–H groups in total. The van der Waals surface area contributed by atoms with E-state index >= 15 is 0 Å². The van der Waals surface area contributed by atoms with Crippen molar-refractivity contribution in [2.24, 2.45) is 5.73 Å². The van der Waals surface area contributed by atoms with E-state index in [1.54, 1.807) is 0 Å². The number of hydrogen-bond donors (Lipinski definition) is 2. The number of hydrogen-bond acceptors (Lipinski definition) is 3. The van der Waals surface area contributed by atoms with Gasteiger partial charge in [-0.05, 0) is 11.1 Å². The van der Waals surface area contributed by atoms with Gasteiger partial charge in [0.15, 0.2) is 0 Å². The molecule has 1 aliphatic heterocycles. The van der Waals surface area contributed by atoms with E-state index in [1.165, 1.54) is 0 Å². The lowest BCUT2D eigenvalue weighted by molar-refractivity contribution is 0.0224. The van der Waals surface area contributed by atoms with Crippen LogP contribution in [0.2, 0.25) is 0 Å². The van der Waals surface area contributed by atoms with Crippen molar-refractivity contribution in [2.75, 3.05) is 13.2 Å². The van der Waals surface area contributed by atoms with Gasteiger partial charge in [0.2, 0.25) is 0 Å². The van der Waals surface area contributed by atoms with Crippen LogP contribution in [0.15, 0.2) is 24.3 Å². The minimum Gasteiger partial charge on any atom is -0.383 e. The minimum atomic E-state index is -0.823. The predicted molar refractivity (Wildman–Crippen MR) is 53.7 cm³/mol. The van der Waals surface area contributed by atoms with Gasteiger partial charge in [-0.15, -0.1) is 0 Å². The minimum absolute atomic E-state index is 0.379. The fraction of sp³-hybridized carbons (Fsp3) is 0.455. The Morgan fingerprint density at radius 1 is 1.43 bits per heavy atom. The van der Waals surface area contributed by atoms with Gasteiger partial charge in [-0.1, -0.05) is 24.3 Å². The summed E-state index contributed by atoms with van der Waals surface area (Å²) in [6, 6.07) is 7.73. The second-order valence-electron chi connectivity index (χ2n) is 3.70. The van der Waals surface area contributed by atoms with E-state index in [0.717, 1.165) is 11.1 Å². The van der Waals surface area contributed by atoms with Crippen molar-refractivity contribution in [3.63, 3.8) is 0 Å². The Bertz CT molecular complexity index is 319. The molecule has 1 aliphatic rings. The molecule has 0 amide bonds. The van der Waals surface area contributed by atoms with Gasteiger partial charge in [-0.25, -0.2) is 0 Å². The molecular weight excluding hydrogens is 178 g/mol. The van der Waals surface area contributed by atoms with Gasteiger partial charge < -0.3 is 15.6 Å². The first-order valence-electron chi connectivity index (χ1n) is 4.85. The van der Waals surface area contributed by atoms with Crippen molar-refractivity contribution in [2.45, 2.75) is 18.6 Å². The van der Waals surface area contributed by atoms with Crippen LogP contribution in [-0.4, -0.2) is 18.3 Å². The summed E-state index contributed by atoms with van der Waals surface area (Å²) in [6.07, 6.45) is 0.657. The Balaban J connectivity index is 2.39. The van der Waals surface area contributed by atoms with E-state index in [9.17, 15) is 5.11 Å². The Morgan fingerprint density at radius 2 is 2.21 bits per heavy atom. The number of aliphatic hydroxyl groups is 1. The SMILES string of the molecule is NCc1ccccc1C1(O)CCOC1. The van der Waals surface area contributed by atoms with Crippen molar-refractivity contribution < 1.29 is 9.84 Å². The van der Waals surface area contributed by atoms with Gasteiger partial charge >= 0.3 is 0 Å². The molecule has 0 saturated carbocycles. The molecule has 76 valence electrons. The van der Waals surface area contributed by atoms with Crippen LogP contribution in [0.4, 0.5) is 0 Å². The summed E-state index contributed by atoms with van der Waals surface area (Å²) < 4.78 is 5.22. The van der Waals surface area contributed by atoms with Gasteiger partial charge in [0.25, 0.3) is 0 Å². The maximum atomic E-state index is 10.3. The van der Waals surface area contributed by atoms with Crippen molar-refractivity contribution in [3.8, 4) is 0 Å². The molecule has 1 heterocycles. The van der Waals surface area contributed by atoms with Gasteiger partial charge in [0.05, 0.1) is 6.61 Å². The number of nitrogens with two attached hydrogens (primary N) is 1. The van der Waals surface area contributed by atoms with Crippen LogP contribution in [0, 0.1) is 0 Å². The van der Waals surface area contributed by atoms with E-state index in [0.29, 0.717) is 26.2 Å². The first-order valence-corrected chi connectivity index (χ1v) is 4.85. The molecule has 0 aliphatic carbocycles. The van der Waals surface area contributed by atoms with Crippen molar-refractivity contribution >= 4 is 0 Å². The van der Waals surface area contributed by atoms with Crippen LogP contribution in [0.5, 0.6) is 0 Å². The highest BCUT2D eigenvalue weighted by Gasteiger charge is 2.35. The highest BCUT2D eigenvalue weighted by Crippen LogP contribution is 2.32. The predicted octanol–water partition coefficient (Wildman–Crippen LogP) is 0.753. The number of benzene rings is 1. The molecule has 0 bridgehead atoms. The molecule has 1 aromatic rings. The number of rotatable bonds is 2. The summed E-state index contributed by atoms with van der Waals surface area (Å²) in [6.45, 7) is 1.46. The largest absolute Gasteiger partial charge is 0.383 e. The Morgan fingerprint density at radius 3 is 2.86 bits per heavy atom. The van der Waals surface area contributed by atoms with Crippen molar-refractivity contribution in [3.05, 3.63) is 35.4 Å². The Labute approximate surface area is 83.5 Å². The molecule has 3 nitrogen and oxygen atoms in total. The molecule has 0 spiro atoms. The van der Waals surface area contributed by atoms with E-state index in [-0.39, 0.29) is 0 Å². The molecule has 1 saturated heterocycles. The third-order valence-electron chi connectivity index (χ3n) is 2.74. The van der Waals surface area contributed by atoms with Crippen molar-refractivity contribution in [1.29, 1.82) is 0 Å². The fourth-order valence-corrected chi connectivity index (χ4v) is 1.92. The first-order chi connectivity index (χ1) is 6.76. The fourth-order valence-electron chi connectivity index (χ4n) is 1.92. The molecule has 0 radical (unpaired) electrons. The van der Waals surface area contributed by atoms with E-state index in [2.05, 4.69) is 0 Å². The molecule has 2 rings (SSSR count). The van der Waals surface area contributed by atoms with Crippen LogP contribution in [0.1, 0.15) is 17.5 Å². The maximum Gasteiger partial charge on any atom is 0.115 e. The van der Waals surface area contributed by atoms with Gasteiger partial charge in [-0.2, -0.15) is 0 Å². The highest BCUT2D eigenvalue weighted by atomic mass is 16.5. The lowest BCUT2D eigenvalue weighted by atomic mass is 9.89. The summed E-state index contributed by atoms with van der Waals surface area (Å²) >= 11 is 0. The Kier molecular flexibility index (Phi) is 2.54. The summed E-state index contributed by atoms with van der Waals surface area (Å²) in [7, 11) is 0. The van der Waals surface area contributed by atoms with Crippen molar-refractivity contribution in [1.82, 2.24) is 0 Å².